The first kappa shape index (κ1) is 11.1. The number of carbonyl (C=O) groups is 1. The van der Waals surface area contributed by atoms with Gasteiger partial charge < -0.3 is 9.30 Å². The summed E-state index contributed by atoms with van der Waals surface area (Å²) in [6, 6.07) is 4.36. The lowest BCUT2D eigenvalue weighted by atomic mass is 10.1. The minimum Gasteiger partial charge on any atom is -0.465 e. The number of carbonyl (C=O) groups excluding carboxylic acids is 1. The molecule has 0 atom stereocenters. The van der Waals surface area contributed by atoms with Crippen molar-refractivity contribution in [2.75, 3.05) is 7.11 Å². The van der Waals surface area contributed by atoms with Crippen molar-refractivity contribution in [2.45, 2.75) is 0 Å². The topological polar surface area (TPSA) is 74.4 Å². The number of fused-ring (bicyclic) bond motifs is 1. The van der Waals surface area contributed by atoms with Gasteiger partial charge in [-0.2, -0.15) is 0 Å². The van der Waals surface area contributed by atoms with Crippen LogP contribution in [0.5, 0.6) is 0 Å². The Hall–Kier alpha value is -2.37. The van der Waals surface area contributed by atoms with Crippen LogP contribution in [0.2, 0.25) is 0 Å². The highest BCUT2D eigenvalue weighted by Gasteiger charge is 2.16. The average molecular weight is 234 g/mol. The van der Waals surface area contributed by atoms with E-state index < -0.39 is 10.9 Å². The molecule has 0 saturated carbocycles. The zero-order chi connectivity index (χ0) is 12.6. The second kappa shape index (κ2) is 3.89. The highest BCUT2D eigenvalue weighted by molar-refractivity contribution is 6.04. The van der Waals surface area contributed by atoms with E-state index >= 15 is 0 Å². The van der Waals surface area contributed by atoms with E-state index in [1.165, 1.54) is 19.2 Å². The fourth-order valence-electron chi connectivity index (χ4n) is 1.76. The predicted octanol–water partition coefficient (Wildman–Crippen LogP) is 1.87. The summed E-state index contributed by atoms with van der Waals surface area (Å²) in [6.45, 7) is 0. The van der Waals surface area contributed by atoms with E-state index in [2.05, 4.69) is 4.74 Å². The minimum absolute atomic E-state index is 0.00452. The number of aromatic nitrogens is 1. The van der Waals surface area contributed by atoms with Gasteiger partial charge in [0.05, 0.1) is 23.1 Å². The van der Waals surface area contributed by atoms with Gasteiger partial charge in [-0.25, -0.2) is 4.79 Å². The average Bonchev–Trinajstić information content (AvgIpc) is 2.65. The Morgan fingerprint density at radius 2 is 2.18 bits per heavy atom. The van der Waals surface area contributed by atoms with Crippen molar-refractivity contribution >= 4 is 22.6 Å². The Morgan fingerprint density at radius 3 is 2.76 bits per heavy atom. The van der Waals surface area contributed by atoms with Crippen LogP contribution in [0.25, 0.3) is 10.9 Å². The Morgan fingerprint density at radius 1 is 1.47 bits per heavy atom. The molecule has 6 heteroatoms. The molecule has 0 spiro atoms. The number of ether oxygens (including phenoxy) is 1. The zero-order valence-electron chi connectivity index (χ0n) is 9.34. The van der Waals surface area contributed by atoms with Gasteiger partial charge in [0.2, 0.25) is 0 Å². The Labute approximate surface area is 96.6 Å². The molecule has 1 aromatic heterocycles. The van der Waals surface area contributed by atoms with Gasteiger partial charge in [0, 0.05) is 30.8 Å². The molecule has 0 aliphatic rings. The molecule has 0 aliphatic heterocycles. The van der Waals surface area contributed by atoms with Gasteiger partial charge in [0.25, 0.3) is 5.69 Å². The van der Waals surface area contributed by atoms with Crippen LogP contribution in [0.15, 0.2) is 24.4 Å². The SMILES string of the molecule is COC(=O)c1cn(C)c2cc([N+](=O)[O-])ccc12. The second-order valence-corrected chi connectivity index (χ2v) is 3.60. The van der Waals surface area contributed by atoms with Crippen LogP contribution >= 0.6 is 0 Å². The number of esters is 1. The number of nitro benzene ring substituents is 1. The zero-order valence-corrected chi connectivity index (χ0v) is 9.34. The third kappa shape index (κ3) is 1.73. The van der Waals surface area contributed by atoms with Gasteiger partial charge >= 0.3 is 5.97 Å². The molecule has 1 heterocycles. The number of hydrogen-bond acceptors (Lipinski definition) is 4. The molecule has 0 unspecified atom stereocenters. The maximum atomic E-state index is 11.5. The van der Waals surface area contributed by atoms with E-state index in [0.29, 0.717) is 16.5 Å². The molecule has 2 aromatic rings. The molecule has 0 bridgehead atoms. The maximum Gasteiger partial charge on any atom is 0.340 e. The van der Waals surface area contributed by atoms with Crippen molar-refractivity contribution in [3.8, 4) is 0 Å². The van der Waals surface area contributed by atoms with Gasteiger partial charge in [0.15, 0.2) is 0 Å². The number of nitrogens with zero attached hydrogens (tertiary/aromatic N) is 2. The summed E-state index contributed by atoms with van der Waals surface area (Å²) in [6.07, 6.45) is 1.60. The monoisotopic (exact) mass is 234 g/mol. The predicted molar refractivity (Wildman–Crippen MR) is 60.9 cm³/mol. The summed E-state index contributed by atoms with van der Waals surface area (Å²) in [7, 11) is 3.02. The lowest BCUT2D eigenvalue weighted by Gasteiger charge is -1.97. The molecule has 1 aromatic carbocycles. The normalized spacial score (nSPS) is 10.5. The molecule has 0 amide bonds. The quantitative estimate of drug-likeness (QED) is 0.451. The number of hydrogen-bond donors (Lipinski definition) is 0. The van der Waals surface area contributed by atoms with Crippen LogP contribution in [0.3, 0.4) is 0 Å². The maximum absolute atomic E-state index is 11.5. The van der Waals surface area contributed by atoms with Crippen LogP contribution in [-0.2, 0) is 11.8 Å². The Kier molecular flexibility index (Phi) is 2.55. The van der Waals surface area contributed by atoms with Crippen molar-refractivity contribution in [1.29, 1.82) is 0 Å². The molecule has 88 valence electrons. The molecular formula is C11H10N2O4. The molecule has 17 heavy (non-hydrogen) atoms. The number of methoxy groups -OCH3 is 1. The van der Waals surface area contributed by atoms with Crippen LogP contribution in [0.4, 0.5) is 5.69 Å². The highest BCUT2D eigenvalue weighted by atomic mass is 16.6. The lowest BCUT2D eigenvalue weighted by molar-refractivity contribution is -0.384. The first-order valence-electron chi connectivity index (χ1n) is 4.86. The first-order valence-corrected chi connectivity index (χ1v) is 4.86. The largest absolute Gasteiger partial charge is 0.465 e. The smallest absolute Gasteiger partial charge is 0.340 e. The number of benzene rings is 1. The number of aryl methyl sites for hydroxylation is 1. The molecule has 6 nitrogen and oxygen atoms in total. The summed E-state index contributed by atoms with van der Waals surface area (Å²) in [5, 5.41) is 11.3. The first-order chi connectivity index (χ1) is 8.04. The second-order valence-electron chi connectivity index (χ2n) is 3.60. The van der Waals surface area contributed by atoms with Crippen molar-refractivity contribution in [3.05, 3.63) is 40.1 Å². The Balaban J connectivity index is 2.69. The van der Waals surface area contributed by atoms with Crippen LogP contribution in [0.1, 0.15) is 10.4 Å². The summed E-state index contributed by atoms with van der Waals surface area (Å²) >= 11 is 0. The van der Waals surface area contributed by atoms with Gasteiger partial charge in [-0.1, -0.05) is 0 Å². The van der Waals surface area contributed by atoms with Gasteiger partial charge in [-0.15, -0.1) is 0 Å². The van der Waals surface area contributed by atoms with Crippen molar-refractivity contribution in [1.82, 2.24) is 4.57 Å². The summed E-state index contributed by atoms with van der Waals surface area (Å²) < 4.78 is 6.31. The Bertz CT molecular complexity index is 615. The summed E-state index contributed by atoms with van der Waals surface area (Å²) in [5.74, 6) is -0.454. The van der Waals surface area contributed by atoms with E-state index in [1.54, 1.807) is 23.9 Å². The summed E-state index contributed by atoms with van der Waals surface area (Å²) in [4.78, 5) is 21.7. The number of non-ortho nitro benzene ring substituents is 1. The van der Waals surface area contributed by atoms with Crippen molar-refractivity contribution in [3.63, 3.8) is 0 Å². The number of nitro groups is 1. The van der Waals surface area contributed by atoms with Gasteiger partial charge in [-0.3, -0.25) is 10.1 Å². The van der Waals surface area contributed by atoms with Crippen LogP contribution in [-0.4, -0.2) is 22.6 Å². The molecular weight excluding hydrogens is 224 g/mol. The third-order valence-corrected chi connectivity index (χ3v) is 2.59. The van der Waals surface area contributed by atoms with E-state index in [-0.39, 0.29) is 5.69 Å². The van der Waals surface area contributed by atoms with E-state index in [9.17, 15) is 14.9 Å². The highest BCUT2D eigenvalue weighted by Crippen LogP contribution is 2.25. The van der Waals surface area contributed by atoms with Crippen molar-refractivity contribution in [2.24, 2.45) is 7.05 Å². The molecule has 0 fully saturated rings. The standard InChI is InChI=1S/C11H10N2O4/c1-12-6-9(11(14)17-2)8-4-3-7(13(15)16)5-10(8)12/h3-6H,1-2H3. The molecule has 0 N–H and O–H groups in total. The van der Waals surface area contributed by atoms with E-state index in [4.69, 9.17) is 0 Å². The van der Waals surface area contributed by atoms with Crippen LogP contribution in [0, 0.1) is 10.1 Å². The lowest BCUT2D eigenvalue weighted by Crippen LogP contribution is -1.99. The van der Waals surface area contributed by atoms with Gasteiger partial charge in [-0.05, 0) is 6.07 Å². The van der Waals surface area contributed by atoms with Gasteiger partial charge in [0.1, 0.15) is 0 Å². The summed E-state index contributed by atoms with van der Waals surface area (Å²) in [5.41, 5.74) is 1.02. The molecule has 0 radical (unpaired) electrons. The van der Waals surface area contributed by atoms with E-state index in [1.807, 2.05) is 0 Å². The molecule has 2 rings (SSSR count). The van der Waals surface area contributed by atoms with Crippen LogP contribution < -0.4 is 0 Å². The van der Waals surface area contributed by atoms with E-state index in [0.717, 1.165) is 0 Å². The third-order valence-electron chi connectivity index (χ3n) is 2.59. The fourth-order valence-corrected chi connectivity index (χ4v) is 1.76. The van der Waals surface area contributed by atoms with Crippen molar-refractivity contribution < 1.29 is 14.5 Å². The minimum atomic E-state index is -0.468. The molecule has 0 saturated heterocycles. The molecule has 0 aliphatic carbocycles. The number of rotatable bonds is 2. The fraction of sp³-hybridized carbons (Fsp3) is 0.182.